The summed E-state index contributed by atoms with van der Waals surface area (Å²) >= 11 is 0. The molecule has 1 rings (SSSR count). The van der Waals surface area contributed by atoms with E-state index in [0.717, 1.165) is 17.7 Å². The molecule has 0 spiro atoms. The second-order valence-corrected chi connectivity index (χ2v) is 7.27. The predicted octanol–water partition coefficient (Wildman–Crippen LogP) is 4.90. The highest BCUT2D eigenvalue weighted by atomic mass is 16.7. The fourth-order valence-corrected chi connectivity index (χ4v) is 2.82. The average Bonchev–Trinajstić information content (AvgIpc) is 2.28. The molecule has 0 aliphatic rings. The minimum atomic E-state index is 0.158. The van der Waals surface area contributed by atoms with Crippen molar-refractivity contribution in [2.45, 2.75) is 53.4 Å². The van der Waals surface area contributed by atoms with Gasteiger partial charge in [-0.3, -0.25) is 0 Å². The Kier molecular flexibility index (Phi) is 5.64. The molecule has 0 aromatic heterocycles. The second kappa shape index (κ2) is 6.62. The first kappa shape index (κ1) is 17.0. The van der Waals surface area contributed by atoms with Crippen LogP contribution in [-0.4, -0.2) is 13.4 Å². The zero-order chi connectivity index (χ0) is 15.4. The van der Waals surface area contributed by atoms with Gasteiger partial charge in [-0.15, -0.1) is 0 Å². The Morgan fingerprint density at radius 2 is 1.75 bits per heavy atom. The average molecular weight is 277 g/mol. The molecule has 0 aliphatic carbocycles. The third-order valence-electron chi connectivity index (χ3n) is 3.37. The van der Waals surface area contributed by atoms with E-state index < -0.39 is 0 Å². The van der Waals surface area contributed by atoms with Crippen LogP contribution in [0, 0.1) is 19.3 Å². The van der Waals surface area contributed by atoms with Gasteiger partial charge in [-0.2, -0.15) is 0 Å². The van der Waals surface area contributed by atoms with Gasteiger partial charge in [-0.05, 0) is 48.3 Å². The molecule has 0 saturated heterocycles. The van der Waals surface area contributed by atoms with Crippen LogP contribution in [0.2, 0.25) is 0 Å². The molecule has 20 heavy (non-hydrogen) atoms. The van der Waals surface area contributed by atoms with Gasteiger partial charge >= 0.3 is 0 Å². The number of hydrogen-bond donors (Lipinski definition) is 0. The Hall–Kier alpha value is -1.02. The van der Waals surface area contributed by atoms with Gasteiger partial charge in [0.2, 0.25) is 0 Å². The van der Waals surface area contributed by atoms with E-state index >= 15 is 0 Å². The van der Waals surface area contributed by atoms with Crippen molar-refractivity contribution >= 4 is 0 Å². The lowest BCUT2D eigenvalue weighted by molar-refractivity contribution is 0.0294. The Bertz CT molecular complexity index is 428. The van der Waals surface area contributed by atoms with Crippen molar-refractivity contribution in [3.63, 3.8) is 0 Å². The van der Waals surface area contributed by atoms with Gasteiger partial charge in [0, 0.05) is 0 Å². The molecule has 0 heterocycles. The van der Waals surface area contributed by atoms with E-state index in [4.69, 9.17) is 9.47 Å². The highest BCUT2D eigenvalue weighted by molar-refractivity contribution is 5.39. The van der Waals surface area contributed by atoms with E-state index in [2.05, 4.69) is 60.6 Å². The van der Waals surface area contributed by atoms with Gasteiger partial charge < -0.3 is 9.47 Å². The first-order chi connectivity index (χ1) is 9.15. The summed E-state index contributed by atoms with van der Waals surface area (Å²) in [5.74, 6) is 0.883. The minimum Gasteiger partial charge on any atom is -0.467 e. The summed E-state index contributed by atoms with van der Waals surface area (Å²) in [5, 5.41) is 0. The lowest BCUT2D eigenvalue weighted by atomic mass is 9.72. The van der Waals surface area contributed by atoms with Crippen LogP contribution in [-0.2, 0) is 10.2 Å². The highest BCUT2D eigenvalue weighted by Gasteiger charge is 2.27. The Morgan fingerprint density at radius 1 is 1.10 bits per heavy atom. The van der Waals surface area contributed by atoms with Gasteiger partial charge in [0.25, 0.3) is 0 Å². The monoisotopic (exact) mass is 277 g/mol. The van der Waals surface area contributed by atoms with Gasteiger partial charge in [-0.1, -0.05) is 46.8 Å². The normalized spacial score (nSPS) is 12.6. The maximum atomic E-state index is 5.58. The standard InChI is InChI=1S/C18H29O2/c1-8-19-13-20-16-10-9-15(11-14(16)2)18(6,7)12-17(3,4)5/h9-11H,1,8,12-13H2,2-7H3. The zero-order valence-corrected chi connectivity index (χ0v) is 13.9. The van der Waals surface area contributed by atoms with Crippen molar-refractivity contribution in [3.05, 3.63) is 36.2 Å². The maximum absolute atomic E-state index is 5.58. The summed E-state index contributed by atoms with van der Waals surface area (Å²) < 4.78 is 10.7. The van der Waals surface area contributed by atoms with E-state index in [1.807, 2.05) is 6.07 Å². The van der Waals surface area contributed by atoms with Crippen molar-refractivity contribution in [2.24, 2.45) is 5.41 Å². The third kappa shape index (κ3) is 5.16. The van der Waals surface area contributed by atoms with Gasteiger partial charge in [0.15, 0.2) is 6.79 Å². The molecule has 113 valence electrons. The van der Waals surface area contributed by atoms with Crippen molar-refractivity contribution < 1.29 is 9.47 Å². The Balaban J connectivity index is 2.85. The molecular weight excluding hydrogens is 248 g/mol. The van der Waals surface area contributed by atoms with Crippen molar-refractivity contribution in [1.82, 2.24) is 0 Å². The molecule has 1 radical (unpaired) electrons. The summed E-state index contributed by atoms with van der Waals surface area (Å²) in [7, 11) is 0. The van der Waals surface area contributed by atoms with Crippen LogP contribution in [0.3, 0.4) is 0 Å². The topological polar surface area (TPSA) is 18.5 Å². The van der Waals surface area contributed by atoms with Crippen molar-refractivity contribution in [1.29, 1.82) is 0 Å². The molecule has 0 aliphatic heterocycles. The highest BCUT2D eigenvalue weighted by Crippen LogP contribution is 2.37. The van der Waals surface area contributed by atoms with E-state index in [9.17, 15) is 0 Å². The summed E-state index contributed by atoms with van der Waals surface area (Å²) in [5.41, 5.74) is 2.98. The number of aryl methyl sites for hydroxylation is 1. The smallest absolute Gasteiger partial charge is 0.189 e. The van der Waals surface area contributed by atoms with Crippen LogP contribution >= 0.6 is 0 Å². The van der Waals surface area contributed by atoms with Crippen molar-refractivity contribution in [3.8, 4) is 5.75 Å². The molecular formula is C18H29O2. The lowest BCUT2D eigenvalue weighted by Crippen LogP contribution is -2.24. The molecule has 0 N–H and O–H groups in total. The van der Waals surface area contributed by atoms with E-state index in [0.29, 0.717) is 12.0 Å². The second-order valence-electron chi connectivity index (χ2n) is 7.27. The molecule has 1 aromatic rings. The zero-order valence-electron chi connectivity index (χ0n) is 13.9. The quantitative estimate of drug-likeness (QED) is 0.544. The molecule has 0 fully saturated rings. The first-order valence-electron chi connectivity index (χ1n) is 7.27. The summed E-state index contributed by atoms with van der Waals surface area (Å²) in [6.07, 6.45) is 1.14. The number of rotatable bonds is 6. The third-order valence-corrected chi connectivity index (χ3v) is 3.37. The molecule has 2 nitrogen and oxygen atoms in total. The molecule has 1 aromatic carbocycles. The van der Waals surface area contributed by atoms with Gasteiger partial charge in [0.1, 0.15) is 5.75 Å². The van der Waals surface area contributed by atoms with E-state index in [1.54, 1.807) is 0 Å². The number of hydrogen-bond acceptors (Lipinski definition) is 2. The molecule has 0 atom stereocenters. The minimum absolute atomic E-state index is 0.158. The van der Waals surface area contributed by atoms with E-state index in [1.165, 1.54) is 5.56 Å². The number of ether oxygens (including phenoxy) is 2. The van der Waals surface area contributed by atoms with Crippen LogP contribution < -0.4 is 4.74 Å². The summed E-state index contributed by atoms with van der Waals surface area (Å²) in [6.45, 7) is 17.9. The SMILES string of the molecule is [CH2]COCOc1ccc(C(C)(C)CC(C)(C)C)cc1C. The maximum Gasteiger partial charge on any atom is 0.189 e. The first-order valence-corrected chi connectivity index (χ1v) is 7.27. The summed E-state index contributed by atoms with van der Waals surface area (Å²) in [6, 6.07) is 6.44. The molecule has 0 saturated carbocycles. The van der Waals surface area contributed by atoms with Crippen LogP contribution in [0.4, 0.5) is 0 Å². The van der Waals surface area contributed by atoms with Crippen molar-refractivity contribution in [2.75, 3.05) is 13.4 Å². The fraction of sp³-hybridized carbons (Fsp3) is 0.611. The summed E-state index contributed by atoms with van der Waals surface area (Å²) in [4.78, 5) is 0. The van der Waals surface area contributed by atoms with Crippen LogP contribution in [0.15, 0.2) is 18.2 Å². The van der Waals surface area contributed by atoms with Crippen LogP contribution in [0.1, 0.15) is 52.2 Å². The molecule has 0 amide bonds. The van der Waals surface area contributed by atoms with Crippen LogP contribution in [0.5, 0.6) is 5.75 Å². The number of benzene rings is 1. The fourth-order valence-electron chi connectivity index (χ4n) is 2.82. The molecule has 0 bridgehead atoms. The van der Waals surface area contributed by atoms with Gasteiger partial charge in [-0.25, -0.2) is 0 Å². The molecule has 2 heteroatoms. The lowest BCUT2D eigenvalue weighted by Gasteiger charge is -2.33. The molecule has 0 unspecified atom stereocenters. The van der Waals surface area contributed by atoms with Crippen LogP contribution in [0.25, 0.3) is 0 Å². The Morgan fingerprint density at radius 3 is 2.25 bits per heavy atom. The Labute approximate surface area is 124 Å². The van der Waals surface area contributed by atoms with Gasteiger partial charge in [0.05, 0.1) is 6.61 Å². The van der Waals surface area contributed by atoms with E-state index in [-0.39, 0.29) is 12.2 Å². The predicted molar refractivity (Wildman–Crippen MR) is 85.1 cm³/mol. The largest absolute Gasteiger partial charge is 0.467 e.